The molecule has 0 bridgehead atoms. The number of hydrogen-bond donors (Lipinski definition) is 5. The molecule has 280 valence electrons. The van der Waals surface area contributed by atoms with Crippen molar-refractivity contribution in [1.82, 2.24) is 15.5 Å². The molecule has 0 radical (unpaired) electrons. The molecule has 1 aromatic rings. The Morgan fingerprint density at radius 1 is 0.980 bits per heavy atom. The van der Waals surface area contributed by atoms with Crippen LogP contribution in [-0.2, 0) is 52.0 Å². The molecule has 14 nitrogen and oxygen atoms in total. The number of nitrogens with one attached hydrogen (secondary N) is 2. The maximum Gasteiger partial charge on any atom is 0.262 e. The van der Waals surface area contributed by atoms with Crippen LogP contribution in [0.5, 0.6) is 5.75 Å². The number of aromatic hydroxyl groups is 1. The predicted molar refractivity (Wildman–Crippen MR) is 186 cm³/mol. The van der Waals surface area contributed by atoms with E-state index in [0.29, 0.717) is 29.5 Å². The van der Waals surface area contributed by atoms with E-state index in [9.17, 15) is 29.7 Å². The van der Waals surface area contributed by atoms with Gasteiger partial charge in [-0.1, -0.05) is 0 Å². The molecule has 2 aliphatic heterocycles. The van der Waals surface area contributed by atoms with Crippen molar-refractivity contribution in [2.75, 3.05) is 66.1 Å². The number of phenols is 1. The lowest BCUT2D eigenvalue weighted by Gasteiger charge is -2.60. The molecule has 2 amide bonds. The second-order valence-electron chi connectivity index (χ2n) is 16.0. The first-order chi connectivity index (χ1) is 23.8. The first kappa shape index (κ1) is 37.2. The number of Topliss-reactive ketones (excluding diaryl/α,β-unsaturated/α-hetero) is 1. The number of likely N-dealkylation sites (N-methyl/N-ethyl adjacent to an activating group) is 1. The molecule has 51 heavy (non-hydrogen) atoms. The summed E-state index contributed by atoms with van der Waals surface area (Å²) >= 11 is 0. The third-order valence-corrected chi connectivity index (χ3v) is 11.1. The standard InChI is InChI=1S/C37H52N4O10/c1-19(42)39-33(47)28-31(45)29(41(8)9)24-16-20-15-23-25(40(6)7)17-21(14-22(43)18-38-34(2,3)4)30(44)27(23)36(48-10-11-49-36)26(20)32(46)35(24,5)37(28)50-12-13-51-37/h17,20,24,29,38,44-46H,10-16,18H2,1-9H3,(H,39,42,47)/t20-,24-,29-,35+/m0/s1. The topological polar surface area (TPSA) is 179 Å². The Labute approximate surface area is 298 Å². The van der Waals surface area contributed by atoms with Crippen LogP contribution < -0.4 is 15.5 Å². The van der Waals surface area contributed by atoms with Gasteiger partial charge in [0.15, 0.2) is 5.78 Å². The molecule has 4 atom stereocenters. The third kappa shape index (κ3) is 5.66. The SMILES string of the molecule is CC(=O)NC(=O)C1=C(O)[C@@H](N(C)C)[C@@H]2C[C@@H]3Cc4c(N(C)C)cc(CC(=O)CNC(C)(C)C)c(O)c4C4(OCCO4)C3=C(O)[C@]2(C)C12OCCO2. The predicted octanol–water partition coefficient (Wildman–Crippen LogP) is 2.33. The van der Waals surface area contributed by atoms with Gasteiger partial charge in [0.2, 0.25) is 17.5 Å². The van der Waals surface area contributed by atoms with Crippen molar-refractivity contribution in [1.29, 1.82) is 0 Å². The Balaban J connectivity index is 1.59. The second kappa shape index (κ2) is 12.8. The fraction of sp³-hybridized carbons (Fsp3) is 0.649. The van der Waals surface area contributed by atoms with E-state index >= 15 is 0 Å². The van der Waals surface area contributed by atoms with Gasteiger partial charge in [-0.3, -0.25) is 24.6 Å². The number of rotatable bonds is 7. The van der Waals surface area contributed by atoms with E-state index in [1.165, 1.54) is 6.92 Å². The summed E-state index contributed by atoms with van der Waals surface area (Å²) in [6, 6.07) is 1.05. The summed E-state index contributed by atoms with van der Waals surface area (Å²) < 4.78 is 25.7. The molecule has 5 N–H and O–H groups in total. The van der Waals surface area contributed by atoms with Crippen LogP contribution in [0.15, 0.2) is 28.7 Å². The first-order valence-electron chi connectivity index (χ1n) is 17.5. The lowest BCUT2D eigenvalue weighted by atomic mass is 9.51. The summed E-state index contributed by atoms with van der Waals surface area (Å²) in [7, 11) is 7.33. The van der Waals surface area contributed by atoms with E-state index in [2.05, 4.69) is 10.6 Å². The number of benzene rings is 1. The van der Waals surface area contributed by atoms with Crippen LogP contribution in [0.25, 0.3) is 0 Å². The van der Waals surface area contributed by atoms with E-state index in [0.717, 1.165) is 11.3 Å². The minimum atomic E-state index is -1.99. The van der Waals surface area contributed by atoms with Gasteiger partial charge < -0.3 is 44.5 Å². The molecule has 5 aliphatic rings. The van der Waals surface area contributed by atoms with Crippen molar-refractivity contribution in [2.24, 2.45) is 17.3 Å². The molecule has 0 unspecified atom stereocenters. The Kier molecular flexibility index (Phi) is 9.38. The highest BCUT2D eigenvalue weighted by molar-refractivity contribution is 6.05. The average molecular weight is 713 g/mol. The van der Waals surface area contributed by atoms with Crippen molar-refractivity contribution in [3.05, 3.63) is 45.4 Å². The molecule has 2 fully saturated rings. The number of anilines is 1. The van der Waals surface area contributed by atoms with Gasteiger partial charge in [-0.05, 0) is 72.2 Å². The van der Waals surface area contributed by atoms with Crippen LogP contribution in [0.1, 0.15) is 57.7 Å². The van der Waals surface area contributed by atoms with Crippen molar-refractivity contribution in [3.8, 4) is 5.75 Å². The molecule has 2 saturated heterocycles. The number of nitrogens with zero attached hydrogens (tertiary/aromatic N) is 2. The molecule has 6 rings (SSSR count). The molecule has 2 spiro atoms. The van der Waals surface area contributed by atoms with Crippen molar-refractivity contribution < 1.29 is 48.7 Å². The molecule has 0 saturated carbocycles. The van der Waals surface area contributed by atoms with E-state index in [-0.39, 0.29) is 73.6 Å². The number of ketones is 1. The van der Waals surface area contributed by atoms with Crippen LogP contribution in [0, 0.1) is 17.3 Å². The zero-order valence-corrected chi connectivity index (χ0v) is 31.1. The molecule has 14 heteroatoms. The van der Waals surface area contributed by atoms with Crippen molar-refractivity contribution in [2.45, 2.75) is 77.0 Å². The van der Waals surface area contributed by atoms with E-state index in [4.69, 9.17) is 18.9 Å². The van der Waals surface area contributed by atoms with E-state index in [1.807, 2.05) is 45.8 Å². The van der Waals surface area contributed by atoms with Crippen molar-refractivity contribution >= 4 is 23.3 Å². The van der Waals surface area contributed by atoms with Gasteiger partial charge in [0.25, 0.3) is 5.91 Å². The highest BCUT2D eigenvalue weighted by Crippen LogP contribution is 2.67. The fourth-order valence-electron chi connectivity index (χ4n) is 9.06. The van der Waals surface area contributed by atoms with Gasteiger partial charge in [-0.15, -0.1) is 0 Å². The van der Waals surface area contributed by atoms with E-state index in [1.54, 1.807) is 25.9 Å². The minimum Gasteiger partial charge on any atom is -0.511 e. The van der Waals surface area contributed by atoms with Gasteiger partial charge in [-0.2, -0.15) is 0 Å². The zero-order chi connectivity index (χ0) is 37.4. The lowest BCUT2D eigenvalue weighted by Crippen LogP contribution is -2.67. The molecule has 1 aromatic carbocycles. The zero-order valence-electron chi connectivity index (χ0n) is 31.1. The number of carbonyl (C=O) groups is 3. The number of amides is 2. The highest BCUT2D eigenvalue weighted by atomic mass is 16.7. The van der Waals surface area contributed by atoms with Crippen LogP contribution in [-0.4, -0.2) is 116 Å². The number of carbonyl (C=O) groups excluding carboxylic acids is 3. The number of imide groups is 1. The smallest absolute Gasteiger partial charge is 0.262 e. The Hall–Kier alpha value is -3.53. The molecule has 0 aromatic heterocycles. The van der Waals surface area contributed by atoms with Gasteiger partial charge in [-0.25, -0.2) is 0 Å². The van der Waals surface area contributed by atoms with Gasteiger partial charge in [0.05, 0.1) is 50.0 Å². The summed E-state index contributed by atoms with van der Waals surface area (Å²) in [6.07, 6.45) is 0.689. The van der Waals surface area contributed by atoms with Crippen LogP contribution in [0.4, 0.5) is 5.69 Å². The Morgan fingerprint density at radius 3 is 2.14 bits per heavy atom. The van der Waals surface area contributed by atoms with Crippen molar-refractivity contribution in [3.63, 3.8) is 0 Å². The molecule has 2 heterocycles. The number of aliphatic hydroxyl groups excluding tert-OH is 2. The summed E-state index contributed by atoms with van der Waals surface area (Å²) in [4.78, 5) is 42.9. The number of phenolic OH excluding ortho intramolecular Hbond substituents is 1. The fourth-order valence-corrected chi connectivity index (χ4v) is 9.06. The summed E-state index contributed by atoms with van der Waals surface area (Å²) in [6.45, 7) is 9.38. The van der Waals surface area contributed by atoms with Crippen LogP contribution in [0.2, 0.25) is 0 Å². The summed E-state index contributed by atoms with van der Waals surface area (Å²) in [5, 5.41) is 42.5. The Morgan fingerprint density at radius 2 is 1.59 bits per heavy atom. The molecular weight excluding hydrogens is 660 g/mol. The van der Waals surface area contributed by atoms with Crippen LogP contribution in [0.3, 0.4) is 0 Å². The molecular formula is C37H52N4O10. The number of aliphatic hydroxyl groups is 2. The largest absolute Gasteiger partial charge is 0.511 e. The second-order valence-corrected chi connectivity index (χ2v) is 16.0. The quantitative estimate of drug-likeness (QED) is 0.279. The summed E-state index contributed by atoms with van der Waals surface area (Å²) in [5.74, 6) is -7.01. The Bertz CT molecular complexity index is 1700. The normalized spacial score (nSPS) is 27.8. The minimum absolute atomic E-state index is 0.0542. The van der Waals surface area contributed by atoms with Gasteiger partial charge in [0, 0.05) is 55.7 Å². The van der Waals surface area contributed by atoms with E-state index < -0.39 is 46.7 Å². The molecule has 3 aliphatic carbocycles. The van der Waals surface area contributed by atoms with Gasteiger partial charge in [0.1, 0.15) is 22.8 Å². The maximum atomic E-state index is 13.8. The maximum absolute atomic E-state index is 13.8. The lowest BCUT2D eigenvalue weighted by molar-refractivity contribution is -0.245. The highest BCUT2D eigenvalue weighted by Gasteiger charge is 2.73. The summed E-state index contributed by atoms with van der Waals surface area (Å²) in [5.41, 5.74) is 0.536. The number of fused-ring (bicyclic) bond motifs is 6. The third-order valence-electron chi connectivity index (χ3n) is 11.1. The first-order valence-corrected chi connectivity index (χ1v) is 17.5. The number of hydrogen-bond acceptors (Lipinski definition) is 13. The van der Waals surface area contributed by atoms with Gasteiger partial charge >= 0.3 is 0 Å². The average Bonchev–Trinajstić information content (AvgIpc) is 3.70. The van der Waals surface area contributed by atoms with Crippen LogP contribution >= 0.6 is 0 Å². The number of ether oxygens (including phenoxy) is 4. The monoisotopic (exact) mass is 712 g/mol.